The Morgan fingerprint density at radius 1 is 1.56 bits per heavy atom. The van der Waals surface area contributed by atoms with E-state index in [0.717, 1.165) is 24.4 Å². The van der Waals surface area contributed by atoms with Gasteiger partial charge in [-0.3, -0.25) is 0 Å². The quantitative estimate of drug-likeness (QED) is 0.550. The summed E-state index contributed by atoms with van der Waals surface area (Å²) in [5.41, 5.74) is 2.40. The van der Waals surface area contributed by atoms with Crippen molar-refractivity contribution in [2.75, 3.05) is 13.6 Å². The van der Waals surface area contributed by atoms with Gasteiger partial charge in [-0.2, -0.15) is 10.2 Å². The third kappa shape index (κ3) is 5.30. The van der Waals surface area contributed by atoms with Crippen molar-refractivity contribution in [3.8, 4) is 0 Å². The predicted octanol–water partition coefficient (Wildman–Crippen LogP) is 3.64. The van der Waals surface area contributed by atoms with Gasteiger partial charge in [0.05, 0.1) is 12.3 Å². The van der Waals surface area contributed by atoms with Crippen molar-refractivity contribution in [2.45, 2.75) is 40.0 Å². The summed E-state index contributed by atoms with van der Waals surface area (Å²) in [5.74, 6) is 0. The van der Waals surface area contributed by atoms with Gasteiger partial charge < -0.3 is 4.90 Å². The standard InChI is InChI=1S/C15H25N3/c1-13(2)18(5)12-11-16-17-14-7-6-9-15(3,4)10-8-14/h8,10-11H,1,6-7,9,12H2,2-5H3/b16-11-,17-14-. The minimum atomic E-state index is 0.293. The lowest BCUT2D eigenvalue weighted by molar-refractivity contribution is 0.430. The molecule has 0 aromatic heterocycles. The summed E-state index contributed by atoms with van der Waals surface area (Å²) in [4.78, 5) is 2.04. The summed E-state index contributed by atoms with van der Waals surface area (Å²) in [6, 6.07) is 0. The fourth-order valence-corrected chi connectivity index (χ4v) is 1.73. The molecule has 0 amide bonds. The summed E-state index contributed by atoms with van der Waals surface area (Å²) < 4.78 is 0. The van der Waals surface area contributed by atoms with Gasteiger partial charge in [0.25, 0.3) is 0 Å². The van der Waals surface area contributed by atoms with Gasteiger partial charge in [0, 0.05) is 19.0 Å². The average molecular weight is 247 g/mol. The maximum absolute atomic E-state index is 4.28. The van der Waals surface area contributed by atoms with Crippen LogP contribution in [0.2, 0.25) is 0 Å². The molecular formula is C15H25N3. The molecule has 0 aromatic carbocycles. The molecule has 0 atom stereocenters. The van der Waals surface area contributed by atoms with E-state index in [0.29, 0.717) is 5.41 Å². The molecule has 1 aliphatic rings. The van der Waals surface area contributed by atoms with Crippen molar-refractivity contribution >= 4 is 11.9 Å². The van der Waals surface area contributed by atoms with Crippen LogP contribution in [0.5, 0.6) is 0 Å². The van der Waals surface area contributed by atoms with Crippen LogP contribution in [0, 0.1) is 5.41 Å². The fourth-order valence-electron chi connectivity index (χ4n) is 1.73. The molecule has 0 radical (unpaired) electrons. The Hall–Kier alpha value is -1.38. The van der Waals surface area contributed by atoms with Crippen LogP contribution in [0.3, 0.4) is 0 Å². The van der Waals surface area contributed by atoms with E-state index in [9.17, 15) is 0 Å². The number of nitrogens with zero attached hydrogens (tertiary/aromatic N) is 3. The molecule has 0 N–H and O–H groups in total. The third-order valence-electron chi connectivity index (χ3n) is 3.26. The van der Waals surface area contributed by atoms with Crippen molar-refractivity contribution in [3.63, 3.8) is 0 Å². The maximum Gasteiger partial charge on any atom is 0.0627 e. The molecule has 3 heteroatoms. The van der Waals surface area contributed by atoms with Crippen LogP contribution in [0.1, 0.15) is 40.0 Å². The summed E-state index contributed by atoms with van der Waals surface area (Å²) in [6.45, 7) is 11.1. The highest BCUT2D eigenvalue weighted by Gasteiger charge is 2.16. The van der Waals surface area contributed by atoms with Gasteiger partial charge in [-0.1, -0.05) is 26.5 Å². The number of rotatable bonds is 4. The Balaban J connectivity index is 2.52. The minimum absolute atomic E-state index is 0.293. The minimum Gasteiger partial charge on any atom is -0.373 e. The fraction of sp³-hybridized carbons (Fsp3) is 0.600. The Labute approximate surface area is 111 Å². The zero-order chi connectivity index (χ0) is 13.6. The lowest BCUT2D eigenvalue weighted by Gasteiger charge is -2.16. The number of hydrogen-bond donors (Lipinski definition) is 0. The van der Waals surface area contributed by atoms with Crippen molar-refractivity contribution in [2.24, 2.45) is 15.6 Å². The van der Waals surface area contributed by atoms with Crippen molar-refractivity contribution in [3.05, 3.63) is 24.4 Å². The molecule has 0 spiro atoms. The average Bonchev–Trinajstić information content (AvgIpc) is 2.45. The first kappa shape index (κ1) is 14.7. The van der Waals surface area contributed by atoms with Crippen molar-refractivity contribution in [1.82, 2.24) is 4.90 Å². The van der Waals surface area contributed by atoms with Gasteiger partial charge in [-0.05, 0) is 37.7 Å². The molecule has 0 heterocycles. The van der Waals surface area contributed by atoms with Crippen molar-refractivity contribution in [1.29, 1.82) is 0 Å². The molecule has 0 saturated heterocycles. The lowest BCUT2D eigenvalue weighted by atomic mass is 9.89. The molecule has 1 rings (SSSR count). The van der Waals surface area contributed by atoms with E-state index >= 15 is 0 Å². The Morgan fingerprint density at radius 2 is 2.28 bits per heavy atom. The van der Waals surface area contributed by atoms with Crippen LogP contribution in [-0.4, -0.2) is 30.4 Å². The van der Waals surface area contributed by atoms with Crippen LogP contribution >= 0.6 is 0 Å². The zero-order valence-electron chi connectivity index (χ0n) is 12.1. The smallest absolute Gasteiger partial charge is 0.0627 e. The highest BCUT2D eigenvalue weighted by molar-refractivity contribution is 5.95. The molecule has 0 aromatic rings. The van der Waals surface area contributed by atoms with E-state index in [2.05, 4.69) is 42.8 Å². The molecule has 18 heavy (non-hydrogen) atoms. The van der Waals surface area contributed by atoms with E-state index in [4.69, 9.17) is 0 Å². The van der Waals surface area contributed by atoms with E-state index in [1.54, 1.807) is 0 Å². The lowest BCUT2D eigenvalue weighted by Crippen LogP contribution is -2.17. The molecule has 0 unspecified atom stereocenters. The Morgan fingerprint density at radius 3 is 2.94 bits per heavy atom. The largest absolute Gasteiger partial charge is 0.373 e. The first-order chi connectivity index (χ1) is 8.41. The van der Waals surface area contributed by atoms with Crippen LogP contribution in [-0.2, 0) is 0 Å². The van der Waals surface area contributed by atoms with Gasteiger partial charge in [0.15, 0.2) is 0 Å². The normalized spacial score (nSPS) is 21.2. The molecule has 0 fully saturated rings. The number of allylic oxidation sites excluding steroid dienone is 3. The highest BCUT2D eigenvalue weighted by Crippen LogP contribution is 2.27. The van der Waals surface area contributed by atoms with Gasteiger partial charge >= 0.3 is 0 Å². The summed E-state index contributed by atoms with van der Waals surface area (Å²) in [6.07, 6.45) is 9.60. The molecule has 0 bridgehead atoms. The topological polar surface area (TPSA) is 28.0 Å². The van der Waals surface area contributed by atoms with E-state index in [1.165, 1.54) is 12.8 Å². The first-order valence-electron chi connectivity index (χ1n) is 6.55. The second-order valence-electron chi connectivity index (χ2n) is 5.68. The van der Waals surface area contributed by atoms with Crippen LogP contribution in [0.15, 0.2) is 34.6 Å². The second-order valence-corrected chi connectivity index (χ2v) is 5.68. The molecule has 3 nitrogen and oxygen atoms in total. The van der Waals surface area contributed by atoms with E-state index in [-0.39, 0.29) is 0 Å². The molecule has 0 saturated carbocycles. The van der Waals surface area contributed by atoms with Crippen LogP contribution < -0.4 is 0 Å². The second kappa shape index (κ2) is 6.53. The van der Waals surface area contributed by atoms with Gasteiger partial charge in [-0.25, -0.2) is 0 Å². The molecule has 100 valence electrons. The van der Waals surface area contributed by atoms with Crippen LogP contribution in [0.25, 0.3) is 0 Å². The summed E-state index contributed by atoms with van der Waals surface area (Å²) in [5, 5.41) is 8.42. The van der Waals surface area contributed by atoms with Gasteiger partial charge in [0.2, 0.25) is 0 Å². The zero-order valence-corrected chi connectivity index (χ0v) is 12.1. The van der Waals surface area contributed by atoms with E-state index in [1.807, 2.05) is 25.1 Å². The molecule has 0 aliphatic heterocycles. The third-order valence-corrected chi connectivity index (χ3v) is 3.26. The number of hydrogen-bond acceptors (Lipinski definition) is 3. The molecular weight excluding hydrogens is 222 g/mol. The maximum atomic E-state index is 4.28. The monoisotopic (exact) mass is 247 g/mol. The Kier molecular flexibility index (Phi) is 5.32. The van der Waals surface area contributed by atoms with E-state index < -0.39 is 0 Å². The van der Waals surface area contributed by atoms with Crippen molar-refractivity contribution < 1.29 is 0 Å². The first-order valence-corrected chi connectivity index (χ1v) is 6.55. The predicted molar refractivity (Wildman–Crippen MR) is 80.1 cm³/mol. The summed E-state index contributed by atoms with van der Waals surface area (Å²) in [7, 11) is 2.00. The summed E-state index contributed by atoms with van der Waals surface area (Å²) >= 11 is 0. The highest BCUT2D eigenvalue weighted by atomic mass is 15.2. The van der Waals surface area contributed by atoms with Gasteiger partial charge in [0.1, 0.15) is 0 Å². The SMILES string of the molecule is C=C(C)N(C)C/C=N\N=C1/C=CC(C)(C)CCC1. The van der Waals surface area contributed by atoms with Crippen LogP contribution in [0.4, 0.5) is 0 Å². The molecule has 1 aliphatic carbocycles. The Bertz CT molecular complexity index is 375. The van der Waals surface area contributed by atoms with Gasteiger partial charge in [-0.15, -0.1) is 0 Å².